The molecule has 0 radical (unpaired) electrons. The van der Waals surface area contributed by atoms with Gasteiger partial charge in [-0.05, 0) is 23.6 Å². The lowest BCUT2D eigenvalue weighted by molar-refractivity contribution is -0.123. The maximum atomic E-state index is 12.4. The monoisotopic (exact) mass is 261 g/mol. The molecule has 5 heteroatoms. The van der Waals surface area contributed by atoms with Gasteiger partial charge in [0.1, 0.15) is 0 Å². The molecule has 1 heterocycles. The summed E-state index contributed by atoms with van der Waals surface area (Å²) in [6, 6.07) is 6.84. The molecule has 0 bridgehead atoms. The van der Waals surface area contributed by atoms with Crippen LogP contribution in [0.1, 0.15) is 19.4 Å². The van der Waals surface area contributed by atoms with Crippen molar-refractivity contribution in [1.82, 2.24) is 5.32 Å². The van der Waals surface area contributed by atoms with Gasteiger partial charge in [-0.25, -0.2) is 9.69 Å². The fourth-order valence-electron chi connectivity index (χ4n) is 2.22. The average Bonchev–Trinajstić information content (AvgIpc) is 2.38. The third-order valence-electron chi connectivity index (χ3n) is 3.42. The number of anilines is 1. The molecule has 102 valence electrons. The van der Waals surface area contributed by atoms with E-state index < -0.39 is 0 Å². The number of urea groups is 1. The Morgan fingerprint density at radius 1 is 1.42 bits per heavy atom. The highest BCUT2D eigenvalue weighted by molar-refractivity contribution is 6.16. The van der Waals surface area contributed by atoms with Gasteiger partial charge in [0, 0.05) is 13.1 Å². The summed E-state index contributed by atoms with van der Waals surface area (Å²) in [5.74, 6) is -0.138. The van der Waals surface area contributed by atoms with Crippen LogP contribution >= 0.6 is 0 Å². The first-order valence-electron chi connectivity index (χ1n) is 6.45. The van der Waals surface area contributed by atoms with Crippen molar-refractivity contribution in [3.8, 4) is 0 Å². The number of amides is 3. The Balaban J connectivity index is 2.34. The molecule has 1 aromatic carbocycles. The number of hydrogen-bond donors (Lipinski definition) is 2. The van der Waals surface area contributed by atoms with E-state index in [2.05, 4.69) is 5.32 Å². The lowest BCUT2D eigenvalue weighted by Gasteiger charge is -2.33. The zero-order valence-electron chi connectivity index (χ0n) is 11.2. The highest BCUT2D eigenvalue weighted by Crippen LogP contribution is 2.24. The van der Waals surface area contributed by atoms with Crippen LogP contribution in [0.5, 0.6) is 0 Å². The summed E-state index contributed by atoms with van der Waals surface area (Å²) >= 11 is 0. The van der Waals surface area contributed by atoms with Crippen LogP contribution in [-0.2, 0) is 11.3 Å². The minimum Gasteiger partial charge on any atom is -0.337 e. The SMILES string of the molecule is CC(C)C1CNC(=O)N(c2cccc(CN)c2)C1=O. The quantitative estimate of drug-likeness (QED) is 0.865. The van der Waals surface area contributed by atoms with Crippen LogP contribution in [0.25, 0.3) is 0 Å². The van der Waals surface area contributed by atoms with Gasteiger partial charge in [0.05, 0.1) is 11.6 Å². The Bertz CT molecular complexity index is 499. The van der Waals surface area contributed by atoms with Crippen molar-refractivity contribution < 1.29 is 9.59 Å². The second-order valence-corrected chi connectivity index (χ2v) is 5.08. The van der Waals surface area contributed by atoms with Crippen LogP contribution in [0.3, 0.4) is 0 Å². The number of benzene rings is 1. The molecule has 1 aromatic rings. The van der Waals surface area contributed by atoms with Crippen LogP contribution in [0.15, 0.2) is 24.3 Å². The molecule has 3 N–H and O–H groups in total. The second kappa shape index (κ2) is 5.40. The number of nitrogens with two attached hydrogens (primary N) is 1. The van der Waals surface area contributed by atoms with Crippen LogP contribution in [0.2, 0.25) is 0 Å². The van der Waals surface area contributed by atoms with Gasteiger partial charge in [0.2, 0.25) is 5.91 Å². The van der Waals surface area contributed by atoms with E-state index in [-0.39, 0.29) is 23.8 Å². The average molecular weight is 261 g/mol. The Morgan fingerprint density at radius 3 is 2.79 bits per heavy atom. The van der Waals surface area contributed by atoms with Gasteiger partial charge in [0.15, 0.2) is 0 Å². The minimum atomic E-state index is -0.365. The van der Waals surface area contributed by atoms with E-state index in [9.17, 15) is 9.59 Å². The van der Waals surface area contributed by atoms with Gasteiger partial charge >= 0.3 is 6.03 Å². The molecular formula is C14H19N3O2. The third-order valence-corrected chi connectivity index (χ3v) is 3.42. The largest absolute Gasteiger partial charge is 0.337 e. The molecule has 3 amide bonds. The first kappa shape index (κ1) is 13.5. The van der Waals surface area contributed by atoms with Crippen molar-refractivity contribution >= 4 is 17.6 Å². The first-order valence-corrected chi connectivity index (χ1v) is 6.45. The van der Waals surface area contributed by atoms with Crippen molar-refractivity contribution in [2.75, 3.05) is 11.4 Å². The molecule has 1 unspecified atom stereocenters. The molecule has 0 spiro atoms. The van der Waals surface area contributed by atoms with E-state index in [0.717, 1.165) is 5.56 Å². The Hall–Kier alpha value is -1.88. The molecule has 1 fully saturated rings. The van der Waals surface area contributed by atoms with Gasteiger partial charge < -0.3 is 11.1 Å². The standard InChI is InChI=1S/C14H19N3O2/c1-9(2)12-8-16-14(19)17(13(12)18)11-5-3-4-10(6-11)7-15/h3-6,9,12H,7-8,15H2,1-2H3,(H,16,19). The van der Waals surface area contributed by atoms with E-state index >= 15 is 0 Å². The van der Waals surface area contributed by atoms with E-state index in [1.807, 2.05) is 19.9 Å². The van der Waals surface area contributed by atoms with E-state index in [1.165, 1.54) is 4.90 Å². The molecule has 1 atom stereocenters. The third kappa shape index (κ3) is 2.61. The van der Waals surface area contributed by atoms with Crippen molar-refractivity contribution in [1.29, 1.82) is 0 Å². The van der Waals surface area contributed by atoms with Crippen molar-refractivity contribution in [3.63, 3.8) is 0 Å². The highest BCUT2D eigenvalue weighted by atomic mass is 16.2. The van der Waals surface area contributed by atoms with E-state index in [1.54, 1.807) is 18.2 Å². The maximum absolute atomic E-state index is 12.4. The molecule has 0 aliphatic carbocycles. The van der Waals surface area contributed by atoms with Crippen LogP contribution in [-0.4, -0.2) is 18.5 Å². The summed E-state index contributed by atoms with van der Waals surface area (Å²) in [5, 5.41) is 2.76. The molecule has 19 heavy (non-hydrogen) atoms. The summed E-state index contributed by atoms with van der Waals surface area (Å²) in [6.07, 6.45) is 0. The minimum absolute atomic E-state index is 0.145. The van der Waals surface area contributed by atoms with Gasteiger partial charge in [-0.1, -0.05) is 26.0 Å². The number of carbonyl (C=O) groups excluding carboxylic acids is 2. The Kier molecular flexibility index (Phi) is 3.85. The van der Waals surface area contributed by atoms with Crippen LogP contribution < -0.4 is 16.0 Å². The maximum Gasteiger partial charge on any atom is 0.328 e. The fourth-order valence-corrected chi connectivity index (χ4v) is 2.22. The number of rotatable bonds is 3. The van der Waals surface area contributed by atoms with Crippen molar-refractivity contribution in [3.05, 3.63) is 29.8 Å². The smallest absolute Gasteiger partial charge is 0.328 e. The highest BCUT2D eigenvalue weighted by Gasteiger charge is 2.36. The van der Waals surface area contributed by atoms with Crippen LogP contribution in [0, 0.1) is 11.8 Å². The summed E-state index contributed by atoms with van der Waals surface area (Å²) in [5.41, 5.74) is 7.06. The normalized spacial score (nSPS) is 19.8. The first-order chi connectivity index (χ1) is 9.04. The number of carbonyl (C=O) groups is 2. The molecule has 1 saturated heterocycles. The molecule has 0 saturated carbocycles. The van der Waals surface area contributed by atoms with E-state index in [4.69, 9.17) is 5.73 Å². The summed E-state index contributed by atoms with van der Waals surface area (Å²) in [6.45, 7) is 4.75. The fraction of sp³-hybridized carbons (Fsp3) is 0.429. The van der Waals surface area contributed by atoms with Crippen molar-refractivity contribution in [2.24, 2.45) is 17.6 Å². The van der Waals surface area contributed by atoms with Gasteiger partial charge in [-0.3, -0.25) is 4.79 Å². The molecule has 2 rings (SSSR count). The second-order valence-electron chi connectivity index (χ2n) is 5.08. The predicted molar refractivity (Wildman–Crippen MR) is 73.5 cm³/mol. The number of nitrogens with one attached hydrogen (secondary N) is 1. The predicted octanol–water partition coefficient (Wildman–Crippen LogP) is 1.47. The molecule has 5 nitrogen and oxygen atoms in total. The van der Waals surface area contributed by atoms with E-state index in [0.29, 0.717) is 18.8 Å². The number of imide groups is 1. The van der Waals surface area contributed by atoms with Crippen LogP contribution in [0.4, 0.5) is 10.5 Å². The van der Waals surface area contributed by atoms with Gasteiger partial charge in [-0.15, -0.1) is 0 Å². The Labute approximate surface area is 112 Å². The lowest BCUT2D eigenvalue weighted by Crippen LogP contribution is -2.56. The number of hydrogen-bond acceptors (Lipinski definition) is 3. The summed E-state index contributed by atoms with van der Waals surface area (Å²) < 4.78 is 0. The molecule has 1 aliphatic rings. The zero-order chi connectivity index (χ0) is 14.0. The Morgan fingerprint density at radius 2 is 2.16 bits per heavy atom. The van der Waals surface area contributed by atoms with Gasteiger partial charge in [-0.2, -0.15) is 0 Å². The molecular weight excluding hydrogens is 242 g/mol. The summed E-state index contributed by atoms with van der Waals surface area (Å²) in [7, 11) is 0. The summed E-state index contributed by atoms with van der Waals surface area (Å²) in [4.78, 5) is 25.6. The topological polar surface area (TPSA) is 75.4 Å². The molecule has 1 aliphatic heterocycles. The molecule has 0 aromatic heterocycles. The van der Waals surface area contributed by atoms with Gasteiger partial charge in [0.25, 0.3) is 0 Å². The number of nitrogens with zero attached hydrogens (tertiary/aromatic N) is 1. The van der Waals surface area contributed by atoms with Crippen molar-refractivity contribution in [2.45, 2.75) is 20.4 Å². The zero-order valence-corrected chi connectivity index (χ0v) is 11.2. The lowest BCUT2D eigenvalue weighted by atomic mass is 9.92.